The van der Waals surface area contributed by atoms with Crippen LogP contribution in [-0.2, 0) is 11.3 Å². The van der Waals surface area contributed by atoms with Gasteiger partial charge < -0.3 is 9.47 Å². The lowest BCUT2D eigenvalue weighted by Gasteiger charge is -2.33. The van der Waals surface area contributed by atoms with E-state index in [1.54, 1.807) is 30.1 Å². The first-order valence-corrected chi connectivity index (χ1v) is 8.63. The predicted octanol–water partition coefficient (Wildman–Crippen LogP) is 1.95. The highest BCUT2D eigenvalue weighted by Crippen LogP contribution is 2.22. The van der Waals surface area contributed by atoms with Gasteiger partial charge in [0.05, 0.1) is 6.33 Å². The van der Waals surface area contributed by atoms with Crippen LogP contribution >= 0.6 is 0 Å². The molecule has 2 aromatic rings. The Balaban J connectivity index is 1.72. The van der Waals surface area contributed by atoms with Gasteiger partial charge in [0.1, 0.15) is 0 Å². The summed E-state index contributed by atoms with van der Waals surface area (Å²) in [6, 6.07) is 7.16. The molecule has 7 heteroatoms. The Morgan fingerprint density at radius 2 is 2.19 bits per heavy atom. The van der Waals surface area contributed by atoms with Crippen LogP contribution in [0.25, 0.3) is 6.08 Å². The molecule has 0 aliphatic carbocycles. The van der Waals surface area contributed by atoms with Gasteiger partial charge in [-0.05, 0) is 36.5 Å². The predicted molar refractivity (Wildman–Crippen MR) is 96.3 cm³/mol. The Morgan fingerprint density at radius 1 is 1.35 bits per heavy atom. The van der Waals surface area contributed by atoms with Crippen LogP contribution in [0.5, 0.6) is 0 Å². The van der Waals surface area contributed by atoms with Gasteiger partial charge in [-0.2, -0.15) is 0 Å². The lowest BCUT2D eigenvalue weighted by atomic mass is 9.96. The van der Waals surface area contributed by atoms with Crippen molar-refractivity contribution in [3.63, 3.8) is 0 Å². The second kappa shape index (κ2) is 8.44. The fourth-order valence-corrected chi connectivity index (χ4v) is 3.30. The number of nitrogens with one attached hydrogen (secondary N) is 1. The maximum Gasteiger partial charge on any atom is 0.267 e. The van der Waals surface area contributed by atoms with E-state index in [-0.39, 0.29) is 5.91 Å². The van der Waals surface area contributed by atoms with Crippen LogP contribution in [0.3, 0.4) is 0 Å². The van der Waals surface area contributed by atoms with Crippen LogP contribution in [0.15, 0.2) is 49.1 Å². The topological polar surface area (TPSA) is 87.5 Å². The van der Waals surface area contributed by atoms with Gasteiger partial charge in [0.2, 0.25) is 0 Å². The molecular formula is C19H22N4O3. The monoisotopic (exact) mass is 354 g/mol. The minimum Gasteiger partial charge on any atom is -0.338 e. The van der Waals surface area contributed by atoms with Gasteiger partial charge in [0.15, 0.2) is 0 Å². The van der Waals surface area contributed by atoms with Gasteiger partial charge >= 0.3 is 0 Å². The van der Waals surface area contributed by atoms with Gasteiger partial charge in [-0.3, -0.25) is 14.8 Å². The Labute approximate surface area is 151 Å². The number of nitrogens with zero attached hydrogens (tertiary/aromatic N) is 3. The smallest absolute Gasteiger partial charge is 0.267 e. The summed E-state index contributed by atoms with van der Waals surface area (Å²) in [5, 5.41) is 8.60. The summed E-state index contributed by atoms with van der Waals surface area (Å²) in [6.45, 7) is 2.28. The van der Waals surface area contributed by atoms with Crippen LogP contribution in [0.4, 0.5) is 0 Å². The van der Waals surface area contributed by atoms with E-state index in [0.717, 1.165) is 25.9 Å². The lowest BCUT2D eigenvalue weighted by molar-refractivity contribution is -0.124. The Morgan fingerprint density at radius 3 is 2.96 bits per heavy atom. The molecule has 0 radical (unpaired) electrons. The van der Waals surface area contributed by atoms with Crippen LogP contribution in [-0.4, -0.2) is 44.6 Å². The fraction of sp³-hybridized carbons (Fsp3) is 0.316. The van der Waals surface area contributed by atoms with Crippen LogP contribution in [0, 0.1) is 5.92 Å². The highest BCUT2D eigenvalue weighted by Gasteiger charge is 2.25. The molecule has 2 heterocycles. The summed E-state index contributed by atoms with van der Waals surface area (Å²) < 4.78 is 2.04. The molecule has 1 aliphatic heterocycles. The van der Waals surface area contributed by atoms with Gasteiger partial charge in [-0.1, -0.05) is 18.2 Å². The number of aromatic nitrogens is 2. The first kappa shape index (κ1) is 17.9. The Bertz CT molecular complexity index is 786. The maximum absolute atomic E-state index is 13.0. The van der Waals surface area contributed by atoms with Crippen molar-refractivity contribution in [3.8, 4) is 0 Å². The van der Waals surface area contributed by atoms with Crippen LogP contribution in [0.1, 0.15) is 28.8 Å². The minimum atomic E-state index is -0.634. The molecule has 1 fully saturated rings. The fourth-order valence-electron chi connectivity index (χ4n) is 3.30. The summed E-state index contributed by atoms with van der Waals surface area (Å²) in [6.07, 6.45) is 10.3. The lowest BCUT2D eigenvalue weighted by Crippen LogP contribution is -2.41. The molecule has 1 saturated heterocycles. The highest BCUT2D eigenvalue weighted by atomic mass is 16.5. The van der Waals surface area contributed by atoms with E-state index in [1.165, 1.54) is 12.2 Å². The van der Waals surface area contributed by atoms with E-state index < -0.39 is 5.91 Å². The number of amides is 2. The number of hydroxylamine groups is 1. The zero-order valence-corrected chi connectivity index (χ0v) is 14.4. The van der Waals surface area contributed by atoms with Crippen molar-refractivity contribution in [2.45, 2.75) is 19.4 Å². The molecule has 0 bridgehead atoms. The van der Waals surface area contributed by atoms with E-state index in [0.29, 0.717) is 23.6 Å². The maximum atomic E-state index is 13.0. The van der Waals surface area contributed by atoms with Crippen LogP contribution < -0.4 is 5.48 Å². The zero-order valence-electron chi connectivity index (χ0n) is 14.4. The van der Waals surface area contributed by atoms with Crippen LogP contribution in [0.2, 0.25) is 0 Å². The van der Waals surface area contributed by atoms with Crippen molar-refractivity contribution in [1.82, 2.24) is 19.9 Å². The molecule has 2 N–H and O–H groups in total. The van der Waals surface area contributed by atoms with E-state index >= 15 is 0 Å². The van der Waals surface area contributed by atoms with Crippen molar-refractivity contribution >= 4 is 17.9 Å². The van der Waals surface area contributed by atoms with Gasteiger partial charge in [0.25, 0.3) is 11.8 Å². The zero-order chi connectivity index (χ0) is 18.4. The van der Waals surface area contributed by atoms with Gasteiger partial charge in [0, 0.05) is 43.7 Å². The summed E-state index contributed by atoms with van der Waals surface area (Å²) in [4.78, 5) is 30.2. The van der Waals surface area contributed by atoms with Crippen molar-refractivity contribution in [1.29, 1.82) is 0 Å². The third-order valence-electron chi connectivity index (χ3n) is 4.55. The van der Waals surface area contributed by atoms with E-state index in [9.17, 15) is 9.59 Å². The highest BCUT2D eigenvalue weighted by molar-refractivity contribution is 5.99. The molecule has 1 aromatic heterocycles. The largest absolute Gasteiger partial charge is 0.338 e. The average Bonchev–Trinajstić information content (AvgIpc) is 3.19. The summed E-state index contributed by atoms with van der Waals surface area (Å²) in [5.41, 5.74) is 2.75. The molecule has 0 saturated carbocycles. The van der Waals surface area contributed by atoms with Crippen molar-refractivity contribution in [2.75, 3.05) is 13.1 Å². The third kappa shape index (κ3) is 4.37. The standard InChI is InChI=1S/C19H22N4O3/c24-18(21-26)8-7-16-5-1-2-6-17(16)19(25)23-10-3-4-15(13-23)12-22-11-9-20-14-22/h1-2,5-9,11,14-15,26H,3-4,10,12-13H2,(H,21,24)/b8-7+. The second-order valence-electron chi connectivity index (χ2n) is 6.42. The molecule has 2 amide bonds. The first-order chi connectivity index (χ1) is 12.7. The molecule has 26 heavy (non-hydrogen) atoms. The quantitative estimate of drug-likeness (QED) is 0.488. The molecule has 7 nitrogen and oxygen atoms in total. The normalized spacial score (nSPS) is 17.4. The number of rotatable bonds is 5. The van der Waals surface area contributed by atoms with Gasteiger partial charge in [-0.15, -0.1) is 0 Å². The number of benzene rings is 1. The number of likely N-dealkylation sites (tertiary alicyclic amines) is 1. The molecule has 0 spiro atoms. The summed E-state index contributed by atoms with van der Waals surface area (Å²) in [5.74, 6) is -0.277. The SMILES string of the molecule is O=C(/C=C/c1ccccc1C(=O)N1CCCC(Cn2ccnc2)C1)NO. The van der Waals surface area contributed by atoms with Crippen molar-refractivity contribution < 1.29 is 14.8 Å². The number of piperidine rings is 1. The molecule has 1 aromatic carbocycles. The summed E-state index contributed by atoms with van der Waals surface area (Å²) in [7, 11) is 0. The molecule has 1 atom stereocenters. The Hall–Kier alpha value is -2.93. The molecule has 1 unspecified atom stereocenters. The average molecular weight is 354 g/mol. The summed E-state index contributed by atoms with van der Waals surface area (Å²) >= 11 is 0. The van der Waals surface area contributed by atoms with Crippen molar-refractivity contribution in [3.05, 3.63) is 60.2 Å². The number of hydrogen-bond donors (Lipinski definition) is 2. The van der Waals surface area contributed by atoms with E-state index in [2.05, 4.69) is 4.98 Å². The van der Waals surface area contributed by atoms with Gasteiger partial charge in [-0.25, -0.2) is 10.5 Å². The Kier molecular flexibility index (Phi) is 5.80. The van der Waals surface area contributed by atoms with Crippen molar-refractivity contribution in [2.24, 2.45) is 5.92 Å². The number of hydrogen-bond acceptors (Lipinski definition) is 4. The third-order valence-corrected chi connectivity index (χ3v) is 4.55. The minimum absolute atomic E-state index is 0.0370. The van der Waals surface area contributed by atoms with E-state index in [1.807, 2.05) is 27.8 Å². The number of carbonyl (C=O) groups is 2. The number of carbonyl (C=O) groups excluding carboxylic acids is 2. The molecule has 1 aliphatic rings. The molecule has 136 valence electrons. The molecular weight excluding hydrogens is 332 g/mol. The number of imidazole rings is 1. The van der Waals surface area contributed by atoms with E-state index in [4.69, 9.17) is 5.21 Å². The first-order valence-electron chi connectivity index (χ1n) is 8.63. The molecule has 3 rings (SSSR count). The second-order valence-corrected chi connectivity index (χ2v) is 6.42.